The minimum Gasteiger partial charge on any atom is -0.446 e. The first-order chi connectivity index (χ1) is 21.8. The lowest BCUT2D eigenvalue weighted by atomic mass is 9.58. The van der Waals surface area contributed by atoms with Crippen LogP contribution in [0.4, 0.5) is 19.3 Å². The number of anilines is 1. The summed E-state index contributed by atoms with van der Waals surface area (Å²) in [5.74, 6) is 0.945. The largest absolute Gasteiger partial charge is 0.446 e. The molecule has 1 amide bonds. The van der Waals surface area contributed by atoms with Crippen LogP contribution in [-0.4, -0.2) is 66.4 Å². The Labute approximate surface area is 264 Å². The SMILES string of the molecule is CNC(=O)O[C@H]1CCC[C@@H]1C(Cn1ccnc1C)(c1cccc(F)c1)C1CCN(CC2CN(c3ccc(C#N)c(F)c3)C2)CC1. The molecule has 1 saturated carbocycles. The van der Waals surface area contributed by atoms with Crippen LogP contribution in [0.5, 0.6) is 0 Å². The fourth-order valence-corrected chi connectivity index (χ4v) is 8.26. The number of likely N-dealkylation sites (tertiary alicyclic amines) is 1. The quantitative estimate of drug-likeness (QED) is 0.334. The summed E-state index contributed by atoms with van der Waals surface area (Å²) >= 11 is 0. The van der Waals surface area contributed by atoms with Gasteiger partial charge in [-0.3, -0.25) is 0 Å². The van der Waals surface area contributed by atoms with Crippen LogP contribution in [0, 0.1) is 47.6 Å². The molecule has 3 aliphatic rings. The summed E-state index contributed by atoms with van der Waals surface area (Å²) in [5, 5.41) is 11.7. The van der Waals surface area contributed by atoms with Gasteiger partial charge in [-0.05, 0) is 93.9 Å². The molecule has 0 spiro atoms. The number of alkyl carbamates (subject to hydrolysis) is 1. The van der Waals surface area contributed by atoms with Crippen LogP contribution in [0.1, 0.15) is 49.1 Å². The van der Waals surface area contributed by atoms with Crippen molar-refractivity contribution in [1.29, 1.82) is 5.26 Å². The Morgan fingerprint density at radius 2 is 1.93 bits per heavy atom. The fourth-order valence-electron chi connectivity index (χ4n) is 8.26. The monoisotopic (exact) mass is 616 g/mol. The number of hydrogen-bond donors (Lipinski definition) is 1. The van der Waals surface area contributed by atoms with E-state index in [4.69, 9.17) is 10.00 Å². The maximum absolute atomic E-state index is 15.0. The molecule has 3 atom stereocenters. The molecule has 1 unspecified atom stereocenters. The highest BCUT2D eigenvalue weighted by Gasteiger charge is 2.53. The number of aryl methyl sites for hydroxylation is 1. The van der Waals surface area contributed by atoms with Crippen molar-refractivity contribution < 1.29 is 18.3 Å². The standard InChI is InChI=1S/C35H42F2N6O2/c1-24-40-13-16-42(24)23-35(28-5-3-6-29(36)17-28,31-7-4-8-33(31)45-34(44)39-2)27-11-14-41(15-12-27)20-25-21-43(22-25)30-10-9-26(19-38)32(37)18-30/h3,5-6,9-10,13,16-18,25,27,31,33H,4,7-8,11-12,14-15,20-23H2,1-2H3,(H,39,44)/t31-,33-,35?/m0/s1. The Bertz CT molecular complexity index is 1540. The predicted octanol–water partition coefficient (Wildman–Crippen LogP) is 5.65. The number of benzene rings is 2. The molecule has 1 aromatic heterocycles. The van der Waals surface area contributed by atoms with Gasteiger partial charge in [0.2, 0.25) is 0 Å². The zero-order valence-corrected chi connectivity index (χ0v) is 26.1. The molecule has 6 rings (SSSR count). The topological polar surface area (TPSA) is 86.4 Å². The molecule has 45 heavy (non-hydrogen) atoms. The van der Waals surface area contributed by atoms with Gasteiger partial charge in [0.05, 0.1) is 5.56 Å². The van der Waals surface area contributed by atoms with Crippen LogP contribution in [0.2, 0.25) is 0 Å². The van der Waals surface area contributed by atoms with Crippen molar-refractivity contribution >= 4 is 11.8 Å². The molecule has 2 saturated heterocycles. The van der Waals surface area contributed by atoms with Crippen molar-refractivity contribution in [2.24, 2.45) is 17.8 Å². The molecule has 1 N–H and O–H groups in total. The average molecular weight is 617 g/mol. The normalized spacial score (nSPS) is 22.4. The molecular weight excluding hydrogens is 574 g/mol. The minimum absolute atomic E-state index is 0.0305. The Morgan fingerprint density at radius 1 is 1.13 bits per heavy atom. The van der Waals surface area contributed by atoms with E-state index in [9.17, 15) is 13.6 Å². The van der Waals surface area contributed by atoms with Gasteiger partial charge in [-0.25, -0.2) is 18.6 Å². The van der Waals surface area contributed by atoms with E-state index in [2.05, 4.69) is 30.7 Å². The highest BCUT2D eigenvalue weighted by molar-refractivity contribution is 5.67. The van der Waals surface area contributed by atoms with Crippen molar-refractivity contribution in [3.63, 3.8) is 0 Å². The first-order valence-electron chi connectivity index (χ1n) is 16.1. The molecule has 8 nitrogen and oxygen atoms in total. The summed E-state index contributed by atoms with van der Waals surface area (Å²) in [6.45, 7) is 7.20. The Hall–Kier alpha value is -3.97. The van der Waals surface area contributed by atoms with Crippen LogP contribution < -0.4 is 10.2 Å². The summed E-state index contributed by atoms with van der Waals surface area (Å²) in [7, 11) is 1.58. The summed E-state index contributed by atoms with van der Waals surface area (Å²) in [6.07, 6.45) is 7.68. The number of aromatic nitrogens is 2. The maximum atomic E-state index is 15.0. The third kappa shape index (κ3) is 6.28. The molecule has 3 aromatic rings. The van der Waals surface area contributed by atoms with Crippen molar-refractivity contribution in [1.82, 2.24) is 19.8 Å². The van der Waals surface area contributed by atoms with Gasteiger partial charge in [0.25, 0.3) is 0 Å². The lowest BCUT2D eigenvalue weighted by Gasteiger charge is -2.51. The van der Waals surface area contributed by atoms with Gasteiger partial charge in [-0.1, -0.05) is 12.1 Å². The number of rotatable bonds is 9. The van der Waals surface area contributed by atoms with Gasteiger partial charge >= 0.3 is 6.09 Å². The van der Waals surface area contributed by atoms with E-state index in [-0.39, 0.29) is 29.3 Å². The van der Waals surface area contributed by atoms with Crippen LogP contribution in [0.3, 0.4) is 0 Å². The lowest BCUT2D eigenvalue weighted by Crippen LogP contribution is -2.55. The van der Waals surface area contributed by atoms with E-state index in [0.717, 1.165) is 81.9 Å². The lowest BCUT2D eigenvalue weighted by molar-refractivity contribution is 0.00168. The molecule has 10 heteroatoms. The molecular formula is C35H42F2N6O2. The molecule has 0 radical (unpaired) electrons. The van der Waals surface area contributed by atoms with Crippen molar-refractivity contribution in [2.75, 3.05) is 44.7 Å². The number of imidazole rings is 1. The number of ether oxygens (including phenoxy) is 1. The number of hydrogen-bond acceptors (Lipinski definition) is 6. The number of amides is 1. The first-order valence-corrected chi connectivity index (χ1v) is 16.1. The molecule has 3 heterocycles. The van der Waals surface area contributed by atoms with Crippen LogP contribution >= 0.6 is 0 Å². The number of piperidine rings is 1. The smallest absolute Gasteiger partial charge is 0.407 e. The van der Waals surface area contributed by atoms with Gasteiger partial charge in [0, 0.05) is 68.6 Å². The number of nitriles is 1. The van der Waals surface area contributed by atoms with Gasteiger partial charge in [-0.15, -0.1) is 0 Å². The predicted molar refractivity (Wildman–Crippen MR) is 168 cm³/mol. The van der Waals surface area contributed by atoms with E-state index in [0.29, 0.717) is 12.5 Å². The highest BCUT2D eigenvalue weighted by Crippen LogP contribution is 2.52. The second kappa shape index (κ2) is 13.2. The summed E-state index contributed by atoms with van der Waals surface area (Å²) in [5.41, 5.74) is 1.40. The van der Waals surface area contributed by atoms with E-state index in [1.807, 2.05) is 31.5 Å². The summed E-state index contributed by atoms with van der Waals surface area (Å²) in [6, 6.07) is 13.8. The molecule has 2 aromatic carbocycles. The van der Waals surface area contributed by atoms with Gasteiger partial charge in [-0.2, -0.15) is 5.26 Å². The van der Waals surface area contributed by atoms with E-state index in [1.54, 1.807) is 25.2 Å². The van der Waals surface area contributed by atoms with Crippen molar-refractivity contribution in [2.45, 2.75) is 57.1 Å². The second-order valence-corrected chi connectivity index (χ2v) is 13.0. The Balaban J connectivity index is 1.22. The third-order valence-electron chi connectivity index (χ3n) is 10.5. The van der Waals surface area contributed by atoms with Gasteiger partial charge < -0.3 is 24.4 Å². The van der Waals surface area contributed by atoms with Crippen molar-refractivity contribution in [3.05, 3.63) is 83.4 Å². The van der Waals surface area contributed by atoms with E-state index in [1.165, 1.54) is 12.1 Å². The zero-order valence-electron chi connectivity index (χ0n) is 26.1. The average Bonchev–Trinajstić information content (AvgIpc) is 3.66. The van der Waals surface area contributed by atoms with Crippen LogP contribution in [0.25, 0.3) is 0 Å². The Morgan fingerprint density at radius 3 is 2.60 bits per heavy atom. The molecule has 1 aliphatic carbocycles. The second-order valence-electron chi connectivity index (χ2n) is 13.0. The maximum Gasteiger partial charge on any atom is 0.407 e. The minimum atomic E-state index is -0.474. The molecule has 2 aliphatic heterocycles. The highest BCUT2D eigenvalue weighted by atomic mass is 19.1. The number of carbonyl (C=O) groups excluding carboxylic acids is 1. The summed E-state index contributed by atoms with van der Waals surface area (Å²) in [4.78, 5) is 21.7. The number of carbonyl (C=O) groups is 1. The molecule has 238 valence electrons. The first kappa shape index (κ1) is 31.0. The zero-order chi connectivity index (χ0) is 31.6. The number of nitrogens with one attached hydrogen (secondary N) is 1. The Kier molecular flexibility index (Phi) is 9.09. The third-order valence-corrected chi connectivity index (χ3v) is 10.5. The molecule has 3 fully saturated rings. The fraction of sp³-hybridized carbons (Fsp3) is 0.514. The summed E-state index contributed by atoms with van der Waals surface area (Å²) < 4.78 is 37.3. The number of nitrogens with zero attached hydrogens (tertiary/aromatic N) is 5. The van der Waals surface area contributed by atoms with Crippen LogP contribution in [0.15, 0.2) is 54.9 Å². The van der Waals surface area contributed by atoms with Crippen LogP contribution in [-0.2, 0) is 16.7 Å². The van der Waals surface area contributed by atoms with E-state index >= 15 is 0 Å². The van der Waals surface area contributed by atoms with Gasteiger partial charge in [0.15, 0.2) is 0 Å². The molecule has 0 bridgehead atoms. The van der Waals surface area contributed by atoms with Crippen molar-refractivity contribution in [3.8, 4) is 6.07 Å². The number of halogens is 2. The van der Waals surface area contributed by atoms with Gasteiger partial charge in [0.1, 0.15) is 29.6 Å². The van der Waals surface area contributed by atoms with E-state index < -0.39 is 17.3 Å².